The van der Waals surface area contributed by atoms with Crippen molar-refractivity contribution < 1.29 is 22.7 Å². The van der Waals surface area contributed by atoms with Crippen molar-refractivity contribution in [1.82, 2.24) is 0 Å². The van der Waals surface area contributed by atoms with E-state index in [2.05, 4.69) is 5.32 Å². The van der Waals surface area contributed by atoms with Gasteiger partial charge in [0.15, 0.2) is 0 Å². The number of carbonyl (C=O) groups excluding carboxylic acids is 1. The highest BCUT2D eigenvalue weighted by atomic mass is 35.5. The first-order valence-corrected chi connectivity index (χ1v) is 6.11. The summed E-state index contributed by atoms with van der Waals surface area (Å²) in [5.41, 5.74) is 6.21. The standard InChI is InChI=1S/C12H14ClF3N2O2/c1-7(20-5-4-12(14,15)16)11(19)18-10-6-8(13)2-3-9(10)17/h2-3,6-7H,4-5,17H2,1H3,(H,18,19). The van der Waals surface area contributed by atoms with Gasteiger partial charge in [-0.25, -0.2) is 0 Å². The third-order valence-electron chi connectivity index (χ3n) is 2.40. The first-order chi connectivity index (χ1) is 9.19. The highest BCUT2D eigenvalue weighted by Crippen LogP contribution is 2.23. The van der Waals surface area contributed by atoms with Gasteiger partial charge in [-0.2, -0.15) is 13.2 Å². The maximum Gasteiger partial charge on any atom is 0.391 e. The van der Waals surface area contributed by atoms with E-state index >= 15 is 0 Å². The minimum absolute atomic E-state index is 0.286. The fourth-order valence-electron chi connectivity index (χ4n) is 1.30. The van der Waals surface area contributed by atoms with Gasteiger partial charge < -0.3 is 15.8 Å². The molecule has 1 aromatic carbocycles. The maximum atomic E-state index is 11.9. The molecule has 0 aliphatic carbocycles. The summed E-state index contributed by atoms with van der Waals surface area (Å²) in [5.74, 6) is -0.596. The molecule has 0 radical (unpaired) electrons. The Morgan fingerprint density at radius 3 is 2.75 bits per heavy atom. The molecule has 0 bridgehead atoms. The van der Waals surface area contributed by atoms with Crippen molar-refractivity contribution in [3.8, 4) is 0 Å². The van der Waals surface area contributed by atoms with Gasteiger partial charge in [-0.1, -0.05) is 11.6 Å². The molecule has 112 valence electrons. The molecule has 4 nitrogen and oxygen atoms in total. The van der Waals surface area contributed by atoms with Crippen LogP contribution >= 0.6 is 11.6 Å². The molecule has 0 aromatic heterocycles. The van der Waals surface area contributed by atoms with E-state index in [1.54, 1.807) is 6.07 Å². The minimum Gasteiger partial charge on any atom is -0.397 e. The third-order valence-corrected chi connectivity index (χ3v) is 2.63. The highest BCUT2D eigenvalue weighted by molar-refractivity contribution is 6.31. The lowest BCUT2D eigenvalue weighted by Gasteiger charge is -2.15. The quantitative estimate of drug-likeness (QED) is 0.821. The van der Waals surface area contributed by atoms with Gasteiger partial charge in [-0.05, 0) is 25.1 Å². The van der Waals surface area contributed by atoms with E-state index in [1.165, 1.54) is 19.1 Å². The number of alkyl halides is 3. The van der Waals surface area contributed by atoms with E-state index < -0.39 is 31.2 Å². The van der Waals surface area contributed by atoms with Crippen LogP contribution in [0.25, 0.3) is 0 Å². The van der Waals surface area contributed by atoms with Crippen LogP contribution in [0.4, 0.5) is 24.5 Å². The molecule has 0 saturated carbocycles. The summed E-state index contributed by atoms with van der Waals surface area (Å²) in [6.07, 6.45) is -6.45. The molecule has 1 unspecified atom stereocenters. The normalized spacial score (nSPS) is 13.1. The number of hydrogen-bond acceptors (Lipinski definition) is 3. The summed E-state index contributed by atoms with van der Waals surface area (Å²) in [6.45, 7) is 0.773. The molecular weight excluding hydrogens is 297 g/mol. The van der Waals surface area contributed by atoms with E-state index in [9.17, 15) is 18.0 Å². The predicted molar refractivity (Wildman–Crippen MR) is 70.6 cm³/mol. The molecular formula is C12H14ClF3N2O2. The smallest absolute Gasteiger partial charge is 0.391 e. The lowest BCUT2D eigenvalue weighted by molar-refractivity contribution is -0.152. The van der Waals surface area contributed by atoms with Gasteiger partial charge in [0.2, 0.25) is 0 Å². The van der Waals surface area contributed by atoms with E-state index in [1.807, 2.05) is 0 Å². The third kappa shape index (κ3) is 5.66. The lowest BCUT2D eigenvalue weighted by atomic mass is 10.2. The Kier molecular flexibility index (Phi) is 5.64. The molecule has 3 N–H and O–H groups in total. The van der Waals surface area contributed by atoms with Gasteiger partial charge in [-0.15, -0.1) is 0 Å². The molecule has 1 aromatic rings. The van der Waals surface area contributed by atoms with Crippen molar-refractivity contribution in [1.29, 1.82) is 0 Å². The number of nitrogen functional groups attached to an aromatic ring is 1. The number of hydrogen-bond donors (Lipinski definition) is 2. The molecule has 0 spiro atoms. The van der Waals surface area contributed by atoms with E-state index in [0.717, 1.165) is 0 Å². The second-order valence-corrected chi connectivity index (χ2v) is 4.54. The van der Waals surface area contributed by atoms with Crippen molar-refractivity contribution >= 4 is 28.9 Å². The second kappa shape index (κ2) is 6.81. The van der Waals surface area contributed by atoms with Crippen LogP contribution in [-0.2, 0) is 9.53 Å². The van der Waals surface area contributed by atoms with Crippen LogP contribution < -0.4 is 11.1 Å². The molecule has 0 heterocycles. The van der Waals surface area contributed by atoms with E-state index in [4.69, 9.17) is 22.1 Å². The number of amides is 1. The zero-order valence-corrected chi connectivity index (χ0v) is 11.4. The Morgan fingerprint density at radius 2 is 2.15 bits per heavy atom. The van der Waals surface area contributed by atoms with E-state index in [0.29, 0.717) is 10.7 Å². The van der Waals surface area contributed by atoms with Crippen LogP contribution in [0.3, 0.4) is 0 Å². The van der Waals surface area contributed by atoms with Gasteiger partial charge in [0.05, 0.1) is 24.4 Å². The molecule has 1 atom stereocenters. The van der Waals surface area contributed by atoms with Crippen molar-refractivity contribution in [3.63, 3.8) is 0 Å². The maximum absolute atomic E-state index is 11.9. The highest BCUT2D eigenvalue weighted by Gasteiger charge is 2.27. The Morgan fingerprint density at radius 1 is 1.50 bits per heavy atom. The number of nitrogens with one attached hydrogen (secondary N) is 1. The van der Waals surface area contributed by atoms with Crippen molar-refractivity contribution in [2.24, 2.45) is 0 Å². The Labute approximate surface area is 119 Å². The summed E-state index contributed by atoms with van der Waals surface area (Å²) in [4.78, 5) is 11.7. The zero-order valence-electron chi connectivity index (χ0n) is 10.6. The molecule has 1 rings (SSSR count). The molecule has 0 saturated heterocycles. The summed E-state index contributed by atoms with van der Waals surface area (Å²) in [7, 11) is 0. The number of carbonyl (C=O) groups is 1. The molecule has 0 aliphatic heterocycles. The Balaban J connectivity index is 2.51. The van der Waals surface area contributed by atoms with Gasteiger partial charge in [0, 0.05) is 5.02 Å². The van der Waals surface area contributed by atoms with Gasteiger partial charge >= 0.3 is 6.18 Å². The summed E-state index contributed by atoms with van der Waals surface area (Å²) >= 11 is 5.75. The predicted octanol–water partition coefficient (Wildman–Crippen LogP) is 3.22. The van der Waals surface area contributed by atoms with Crippen LogP contribution in [0.2, 0.25) is 5.02 Å². The van der Waals surface area contributed by atoms with Crippen molar-refractivity contribution in [3.05, 3.63) is 23.2 Å². The molecule has 0 aliphatic rings. The minimum atomic E-state index is -4.31. The Hall–Kier alpha value is -1.47. The van der Waals surface area contributed by atoms with Crippen molar-refractivity contribution in [2.45, 2.75) is 25.6 Å². The average Bonchev–Trinajstić information content (AvgIpc) is 2.32. The Bertz CT molecular complexity index is 480. The number of ether oxygens (including phenoxy) is 1. The fourth-order valence-corrected chi connectivity index (χ4v) is 1.47. The van der Waals surface area contributed by atoms with Crippen LogP contribution in [0.15, 0.2) is 18.2 Å². The number of rotatable bonds is 5. The lowest BCUT2D eigenvalue weighted by Crippen LogP contribution is -2.29. The monoisotopic (exact) mass is 310 g/mol. The fraction of sp³-hybridized carbons (Fsp3) is 0.417. The van der Waals surface area contributed by atoms with Gasteiger partial charge in [0.1, 0.15) is 6.10 Å². The first-order valence-electron chi connectivity index (χ1n) is 5.73. The van der Waals surface area contributed by atoms with Crippen LogP contribution in [0, 0.1) is 0 Å². The summed E-state index contributed by atoms with van der Waals surface area (Å²) in [5, 5.41) is 2.82. The van der Waals surface area contributed by atoms with E-state index in [-0.39, 0.29) is 5.69 Å². The SMILES string of the molecule is CC(OCCC(F)(F)F)C(=O)Nc1cc(Cl)ccc1N. The summed E-state index contributed by atoms with van der Waals surface area (Å²) in [6, 6.07) is 4.50. The number of nitrogens with two attached hydrogens (primary N) is 1. The molecule has 8 heteroatoms. The largest absolute Gasteiger partial charge is 0.397 e. The number of anilines is 2. The average molecular weight is 311 g/mol. The number of halogens is 4. The zero-order chi connectivity index (χ0) is 15.3. The topological polar surface area (TPSA) is 64.3 Å². The van der Waals surface area contributed by atoms with Gasteiger partial charge in [0.25, 0.3) is 5.91 Å². The molecule has 0 fully saturated rings. The molecule has 1 amide bonds. The number of benzene rings is 1. The van der Waals surface area contributed by atoms with Gasteiger partial charge in [-0.3, -0.25) is 4.79 Å². The van der Waals surface area contributed by atoms with Crippen LogP contribution in [-0.4, -0.2) is 24.8 Å². The van der Waals surface area contributed by atoms with Crippen molar-refractivity contribution in [2.75, 3.05) is 17.7 Å². The molecule has 20 heavy (non-hydrogen) atoms. The first kappa shape index (κ1) is 16.6. The van der Waals surface area contributed by atoms with Crippen LogP contribution in [0.5, 0.6) is 0 Å². The van der Waals surface area contributed by atoms with Crippen LogP contribution in [0.1, 0.15) is 13.3 Å². The summed E-state index contributed by atoms with van der Waals surface area (Å²) < 4.78 is 40.6. The second-order valence-electron chi connectivity index (χ2n) is 4.10.